The molecule has 1 fully saturated rings. The molecule has 2 aromatic carbocycles. The fraction of sp³-hybridized carbons (Fsp3) is 0.381. The van der Waals surface area contributed by atoms with E-state index >= 15 is 0 Å². The van der Waals surface area contributed by atoms with Crippen LogP contribution in [-0.4, -0.2) is 50.5 Å². The van der Waals surface area contributed by atoms with Gasteiger partial charge in [-0.2, -0.15) is 4.31 Å². The molecule has 2 heterocycles. The van der Waals surface area contributed by atoms with Crippen LogP contribution in [0, 0.1) is 0 Å². The largest absolute Gasteiger partial charge is 0.373 e. The predicted octanol–water partition coefficient (Wildman–Crippen LogP) is 2.69. The first kappa shape index (κ1) is 19.1. The third-order valence-corrected chi connectivity index (χ3v) is 7.10. The Kier molecular flexibility index (Phi) is 4.99. The third-order valence-electron chi connectivity index (χ3n) is 5.26. The number of para-hydroxylation sites is 1. The number of hydrogen-bond acceptors (Lipinski definition) is 4. The predicted molar refractivity (Wildman–Crippen MR) is 107 cm³/mol. The maximum Gasteiger partial charge on any atom is 0.258 e. The molecule has 0 aliphatic carbocycles. The number of sulfonamides is 1. The number of benzene rings is 2. The first-order valence-electron chi connectivity index (χ1n) is 9.51. The SMILES string of the molecule is C[C@@H]1CN(S(=O)(=O)c2ccc(C(=O)N3CCc4ccccc43)cc2)C[C@H](C)O1. The van der Waals surface area contributed by atoms with Gasteiger partial charge in [-0.15, -0.1) is 0 Å². The van der Waals surface area contributed by atoms with Crippen molar-refractivity contribution in [2.24, 2.45) is 0 Å². The highest BCUT2D eigenvalue weighted by atomic mass is 32.2. The van der Waals surface area contributed by atoms with Crippen LogP contribution in [0.4, 0.5) is 5.69 Å². The molecule has 2 atom stereocenters. The van der Waals surface area contributed by atoms with E-state index < -0.39 is 10.0 Å². The van der Waals surface area contributed by atoms with E-state index in [9.17, 15) is 13.2 Å². The summed E-state index contributed by atoms with van der Waals surface area (Å²) in [4.78, 5) is 14.9. The lowest BCUT2D eigenvalue weighted by atomic mass is 10.1. The van der Waals surface area contributed by atoms with Crippen LogP contribution in [0.15, 0.2) is 53.4 Å². The van der Waals surface area contributed by atoms with Crippen LogP contribution in [-0.2, 0) is 21.2 Å². The van der Waals surface area contributed by atoms with Gasteiger partial charge in [0.2, 0.25) is 10.0 Å². The molecule has 2 aliphatic heterocycles. The molecular weight excluding hydrogens is 376 g/mol. The molecule has 7 heteroatoms. The van der Waals surface area contributed by atoms with Gasteiger partial charge in [0.1, 0.15) is 0 Å². The standard InChI is InChI=1S/C21H24N2O4S/c1-15-13-22(14-16(2)27-15)28(25,26)19-9-7-18(8-10-19)21(24)23-12-11-17-5-3-4-6-20(17)23/h3-10,15-16H,11-14H2,1-2H3/t15-,16+. The van der Waals surface area contributed by atoms with Gasteiger partial charge in [-0.25, -0.2) is 8.42 Å². The normalized spacial score (nSPS) is 22.9. The molecule has 1 amide bonds. The number of fused-ring (bicyclic) bond motifs is 1. The average molecular weight is 401 g/mol. The molecule has 0 bridgehead atoms. The number of amides is 1. The highest BCUT2D eigenvalue weighted by molar-refractivity contribution is 7.89. The van der Waals surface area contributed by atoms with Crippen molar-refractivity contribution in [3.05, 3.63) is 59.7 Å². The summed E-state index contributed by atoms with van der Waals surface area (Å²) in [5, 5.41) is 0. The Morgan fingerprint density at radius 3 is 2.32 bits per heavy atom. The summed E-state index contributed by atoms with van der Waals surface area (Å²) in [6.45, 7) is 5.04. The Morgan fingerprint density at radius 1 is 1.00 bits per heavy atom. The molecular formula is C21H24N2O4S. The molecule has 0 unspecified atom stereocenters. The number of rotatable bonds is 3. The van der Waals surface area contributed by atoms with E-state index in [0.717, 1.165) is 17.7 Å². The lowest BCUT2D eigenvalue weighted by Gasteiger charge is -2.34. The molecule has 4 rings (SSSR count). The highest BCUT2D eigenvalue weighted by Gasteiger charge is 2.32. The summed E-state index contributed by atoms with van der Waals surface area (Å²) >= 11 is 0. The maximum atomic E-state index is 13.0. The van der Waals surface area contributed by atoms with Gasteiger partial charge in [-0.1, -0.05) is 18.2 Å². The van der Waals surface area contributed by atoms with Crippen molar-refractivity contribution in [2.75, 3.05) is 24.5 Å². The van der Waals surface area contributed by atoms with Crippen LogP contribution in [0.25, 0.3) is 0 Å². The molecule has 2 aromatic rings. The zero-order chi connectivity index (χ0) is 19.9. The number of ether oxygens (including phenoxy) is 1. The van der Waals surface area contributed by atoms with E-state index in [0.29, 0.717) is 25.2 Å². The Labute approximate surface area is 165 Å². The number of carbonyl (C=O) groups excluding carboxylic acids is 1. The molecule has 0 aromatic heterocycles. The molecule has 6 nitrogen and oxygen atoms in total. The fourth-order valence-electron chi connectivity index (χ4n) is 3.95. The number of morpholine rings is 1. The summed E-state index contributed by atoms with van der Waals surface area (Å²) in [5.74, 6) is -0.109. The van der Waals surface area contributed by atoms with E-state index in [1.54, 1.807) is 17.0 Å². The fourth-order valence-corrected chi connectivity index (χ4v) is 5.54. The van der Waals surface area contributed by atoms with Gasteiger partial charge in [0.25, 0.3) is 5.91 Å². The average Bonchev–Trinajstić information content (AvgIpc) is 3.11. The van der Waals surface area contributed by atoms with Gasteiger partial charge in [-0.05, 0) is 56.2 Å². The van der Waals surface area contributed by atoms with Crippen LogP contribution in [0.3, 0.4) is 0 Å². The first-order chi connectivity index (χ1) is 13.4. The molecule has 0 spiro atoms. The molecule has 148 valence electrons. The van der Waals surface area contributed by atoms with Gasteiger partial charge >= 0.3 is 0 Å². The van der Waals surface area contributed by atoms with Crippen LogP contribution in [0.2, 0.25) is 0 Å². The number of carbonyl (C=O) groups is 1. The topological polar surface area (TPSA) is 66.9 Å². The monoisotopic (exact) mass is 400 g/mol. The summed E-state index contributed by atoms with van der Waals surface area (Å²) in [6.07, 6.45) is 0.547. The molecule has 0 N–H and O–H groups in total. The number of nitrogens with zero attached hydrogens (tertiary/aromatic N) is 2. The Balaban J connectivity index is 1.55. The first-order valence-corrected chi connectivity index (χ1v) is 11.0. The van der Waals surface area contributed by atoms with Crippen molar-refractivity contribution in [1.29, 1.82) is 0 Å². The van der Waals surface area contributed by atoms with Gasteiger partial charge < -0.3 is 9.64 Å². The second-order valence-corrected chi connectivity index (χ2v) is 9.38. The van der Waals surface area contributed by atoms with Gasteiger partial charge in [0.05, 0.1) is 17.1 Å². The minimum absolute atomic E-state index is 0.109. The zero-order valence-electron chi connectivity index (χ0n) is 16.0. The zero-order valence-corrected chi connectivity index (χ0v) is 16.9. The molecule has 2 aliphatic rings. The lowest BCUT2D eigenvalue weighted by Crippen LogP contribution is -2.48. The summed E-state index contributed by atoms with van der Waals surface area (Å²) in [6, 6.07) is 14.1. The Morgan fingerprint density at radius 2 is 1.64 bits per heavy atom. The molecule has 28 heavy (non-hydrogen) atoms. The van der Waals surface area contributed by atoms with E-state index in [1.807, 2.05) is 38.1 Å². The van der Waals surface area contributed by atoms with Crippen LogP contribution in [0.1, 0.15) is 29.8 Å². The van der Waals surface area contributed by atoms with Crippen molar-refractivity contribution >= 4 is 21.6 Å². The van der Waals surface area contributed by atoms with E-state index in [-0.39, 0.29) is 23.0 Å². The van der Waals surface area contributed by atoms with E-state index in [4.69, 9.17) is 4.74 Å². The van der Waals surface area contributed by atoms with Gasteiger partial charge in [0, 0.05) is 30.9 Å². The Bertz CT molecular complexity index is 978. The molecule has 0 radical (unpaired) electrons. The summed E-state index contributed by atoms with van der Waals surface area (Å²) < 4.78 is 33.0. The van der Waals surface area contributed by atoms with Crippen molar-refractivity contribution in [3.8, 4) is 0 Å². The molecule has 1 saturated heterocycles. The maximum absolute atomic E-state index is 13.0. The second kappa shape index (κ2) is 7.31. The van der Waals surface area contributed by atoms with E-state index in [2.05, 4.69) is 0 Å². The van der Waals surface area contributed by atoms with Crippen molar-refractivity contribution in [2.45, 2.75) is 37.4 Å². The summed E-state index contributed by atoms with van der Waals surface area (Å²) in [5.41, 5.74) is 2.57. The van der Waals surface area contributed by atoms with Crippen LogP contribution < -0.4 is 4.90 Å². The van der Waals surface area contributed by atoms with E-state index in [1.165, 1.54) is 16.4 Å². The number of hydrogen-bond donors (Lipinski definition) is 0. The quantitative estimate of drug-likeness (QED) is 0.795. The van der Waals surface area contributed by atoms with Gasteiger partial charge in [-0.3, -0.25) is 4.79 Å². The lowest BCUT2D eigenvalue weighted by molar-refractivity contribution is -0.0440. The third kappa shape index (κ3) is 3.45. The minimum atomic E-state index is -3.61. The Hall–Kier alpha value is -2.22. The smallest absolute Gasteiger partial charge is 0.258 e. The van der Waals surface area contributed by atoms with Crippen molar-refractivity contribution in [3.63, 3.8) is 0 Å². The van der Waals surface area contributed by atoms with Crippen molar-refractivity contribution < 1.29 is 17.9 Å². The van der Waals surface area contributed by atoms with Crippen molar-refractivity contribution in [1.82, 2.24) is 4.31 Å². The molecule has 0 saturated carbocycles. The second-order valence-electron chi connectivity index (χ2n) is 7.44. The van der Waals surface area contributed by atoms with Crippen LogP contribution >= 0.6 is 0 Å². The number of anilines is 1. The van der Waals surface area contributed by atoms with Crippen LogP contribution in [0.5, 0.6) is 0 Å². The highest BCUT2D eigenvalue weighted by Crippen LogP contribution is 2.29. The van der Waals surface area contributed by atoms with Gasteiger partial charge in [0.15, 0.2) is 0 Å². The minimum Gasteiger partial charge on any atom is -0.373 e. The summed E-state index contributed by atoms with van der Waals surface area (Å²) in [7, 11) is -3.61.